The highest BCUT2D eigenvalue weighted by atomic mass is 16.5. The van der Waals surface area contributed by atoms with E-state index in [0.29, 0.717) is 41.3 Å². The van der Waals surface area contributed by atoms with E-state index in [1.165, 1.54) is 0 Å². The highest BCUT2D eigenvalue weighted by Gasteiger charge is 2.25. The topological polar surface area (TPSA) is 114 Å². The molecule has 0 aliphatic rings. The lowest BCUT2D eigenvalue weighted by atomic mass is 9.85. The molecule has 10 heteroatoms. The molecule has 0 atom stereocenters. The molecule has 0 aliphatic heterocycles. The summed E-state index contributed by atoms with van der Waals surface area (Å²) in [4.78, 5) is 33.4. The molecule has 10 nitrogen and oxygen atoms in total. The van der Waals surface area contributed by atoms with Gasteiger partial charge >= 0.3 is 0 Å². The van der Waals surface area contributed by atoms with Gasteiger partial charge in [-0.25, -0.2) is 4.68 Å². The number of nitrogens with zero attached hydrogens (tertiary/aromatic N) is 5. The third kappa shape index (κ3) is 8.83. The molecule has 2 amide bonds. The van der Waals surface area contributed by atoms with Gasteiger partial charge in [0.05, 0.1) is 36.4 Å². The number of ether oxygens (including phenoxy) is 1. The minimum atomic E-state index is -0.333. The van der Waals surface area contributed by atoms with Crippen LogP contribution >= 0.6 is 0 Å². The first-order valence-electron chi connectivity index (χ1n) is 16.2. The van der Waals surface area contributed by atoms with Gasteiger partial charge in [-0.05, 0) is 72.3 Å². The van der Waals surface area contributed by atoms with Crippen molar-refractivity contribution in [3.05, 3.63) is 82.9 Å². The van der Waals surface area contributed by atoms with Crippen LogP contribution in [-0.4, -0.2) is 63.4 Å². The molecule has 2 heterocycles. The zero-order valence-corrected chi connectivity index (χ0v) is 29.5. The number of benzene rings is 2. The van der Waals surface area contributed by atoms with Crippen molar-refractivity contribution < 1.29 is 14.3 Å². The Balaban J connectivity index is 1.65. The fourth-order valence-corrected chi connectivity index (χ4v) is 5.11. The highest BCUT2D eigenvalue weighted by molar-refractivity contribution is 6.07. The van der Waals surface area contributed by atoms with E-state index >= 15 is 0 Å². The fraction of sp³-hybridized carbons (Fsp3) is 0.432. The number of carbonyl (C=O) groups is 2. The second-order valence-electron chi connectivity index (χ2n) is 14.1. The van der Waals surface area contributed by atoms with E-state index in [1.54, 1.807) is 30.1 Å². The summed E-state index contributed by atoms with van der Waals surface area (Å²) in [7, 11) is 1.55. The van der Waals surface area contributed by atoms with Crippen LogP contribution in [0.2, 0.25) is 0 Å². The Morgan fingerprint density at radius 1 is 0.957 bits per heavy atom. The molecule has 2 N–H and O–H groups in total. The van der Waals surface area contributed by atoms with Crippen LogP contribution in [0.15, 0.2) is 54.9 Å². The summed E-state index contributed by atoms with van der Waals surface area (Å²) in [6, 6.07) is 13.2. The Bertz CT molecular complexity index is 1710. The maximum atomic E-state index is 14.0. The van der Waals surface area contributed by atoms with Gasteiger partial charge in [-0.15, -0.1) is 5.10 Å². The van der Waals surface area contributed by atoms with E-state index in [2.05, 4.69) is 86.2 Å². The first kappa shape index (κ1) is 35.3. The van der Waals surface area contributed by atoms with Crippen molar-refractivity contribution in [2.24, 2.45) is 5.41 Å². The van der Waals surface area contributed by atoms with E-state index < -0.39 is 0 Å². The largest absolute Gasteiger partial charge is 0.494 e. The number of nitrogens with one attached hydrogen (secondary N) is 2. The van der Waals surface area contributed by atoms with E-state index in [-0.39, 0.29) is 22.6 Å². The second kappa shape index (κ2) is 14.5. The number of hydrogen-bond acceptors (Lipinski definition) is 7. The zero-order valence-electron chi connectivity index (χ0n) is 29.5. The van der Waals surface area contributed by atoms with Crippen LogP contribution in [0.1, 0.15) is 93.1 Å². The average molecular weight is 640 g/mol. The maximum Gasteiger partial charge on any atom is 0.259 e. The molecule has 0 saturated heterocycles. The quantitative estimate of drug-likeness (QED) is 0.185. The predicted octanol–water partition coefficient (Wildman–Crippen LogP) is 6.81. The SMILES string of the molecule is CCN(CC)Cc1cn(-c2cc(C(C)(C)C)cc(C(=O)Nc3cnc(C)c(-c4ccc(C(=O)NCC(C)(C)C)cc4)c3)c2OC)nn1. The molecule has 0 bridgehead atoms. The number of aryl methyl sites for hydroxylation is 1. The Hall–Kier alpha value is -4.57. The first-order valence-corrected chi connectivity index (χ1v) is 16.2. The van der Waals surface area contributed by atoms with Crippen molar-refractivity contribution in [3.8, 4) is 22.6 Å². The standard InChI is InChI=1S/C37H49N7O3/c1-11-43(12-2)21-29-22-44(42-41-29)32-18-27(37(7,8)9)17-31(33(32)47-10)35(46)40-28-19-30(24(3)38-20-28)25-13-15-26(16-14-25)34(45)39-23-36(4,5)6/h13-20,22H,11-12,21,23H2,1-10H3,(H,39,45)(H,40,46). The number of hydrogen-bond donors (Lipinski definition) is 2. The minimum absolute atomic E-state index is 0.00599. The summed E-state index contributed by atoms with van der Waals surface area (Å²) in [5.74, 6) is -0.0466. The average Bonchev–Trinajstić information content (AvgIpc) is 3.50. The Kier molecular flexibility index (Phi) is 10.9. The molecule has 4 aromatic rings. The van der Waals surface area contributed by atoms with Gasteiger partial charge in [-0.3, -0.25) is 19.5 Å². The van der Waals surface area contributed by atoms with Gasteiger partial charge in [-0.1, -0.05) is 72.7 Å². The number of anilines is 1. The van der Waals surface area contributed by atoms with Crippen molar-refractivity contribution in [3.63, 3.8) is 0 Å². The lowest BCUT2D eigenvalue weighted by Gasteiger charge is -2.23. The number of amides is 2. The van der Waals surface area contributed by atoms with Crippen molar-refractivity contribution >= 4 is 17.5 Å². The van der Waals surface area contributed by atoms with Crippen molar-refractivity contribution in [1.29, 1.82) is 0 Å². The Morgan fingerprint density at radius 3 is 2.23 bits per heavy atom. The number of rotatable bonds is 11. The van der Waals surface area contributed by atoms with Crippen LogP contribution in [0.5, 0.6) is 5.75 Å². The van der Waals surface area contributed by atoms with Crippen molar-refractivity contribution in [1.82, 2.24) is 30.2 Å². The molecule has 0 aliphatic carbocycles. The van der Waals surface area contributed by atoms with Crippen molar-refractivity contribution in [2.45, 2.75) is 74.3 Å². The molecule has 250 valence electrons. The molecule has 2 aromatic carbocycles. The second-order valence-corrected chi connectivity index (χ2v) is 14.1. The molecule has 0 unspecified atom stereocenters. The molecule has 0 radical (unpaired) electrons. The molecular formula is C37H49N7O3. The van der Waals surface area contributed by atoms with Crippen LogP contribution in [0.25, 0.3) is 16.8 Å². The van der Waals surface area contributed by atoms with Gasteiger partial charge in [0.25, 0.3) is 11.8 Å². The third-order valence-corrected chi connectivity index (χ3v) is 8.03. The molecule has 0 fully saturated rings. The van der Waals surface area contributed by atoms with Crippen molar-refractivity contribution in [2.75, 3.05) is 32.1 Å². The van der Waals surface area contributed by atoms with Gasteiger partial charge in [0, 0.05) is 29.9 Å². The maximum absolute atomic E-state index is 14.0. The zero-order chi connectivity index (χ0) is 34.5. The van der Waals surface area contributed by atoms with Crippen LogP contribution in [0.3, 0.4) is 0 Å². The Labute approximate surface area is 278 Å². The van der Waals surface area contributed by atoms with Gasteiger partial charge in [0.2, 0.25) is 0 Å². The minimum Gasteiger partial charge on any atom is -0.494 e. The smallest absolute Gasteiger partial charge is 0.259 e. The molecule has 0 spiro atoms. The van der Waals surface area contributed by atoms with Gasteiger partial charge in [-0.2, -0.15) is 0 Å². The lowest BCUT2D eigenvalue weighted by Crippen LogP contribution is -2.32. The monoisotopic (exact) mass is 639 g/mol. The van der Waals surface area contributed by atoms with E-state index in [9.17, 15) is 9.59 Å². The highest BCUT2D eigenvalue weighted by Crippen LogP contribution is 2.35. The molecule has 2 aromatic heterocycles. The summed E-state index contributed by atoms with van der Waals surface area (Å²) >= 11 is 0. The molecule has 4 rings (SSSR count). The number of carbonyl (C=O) groups excluding carboxylic acids is 2. The lowest BCUT2D eigenvalue weighted by molar-refractivity contribution is 0.0938. The van der Waals surface area contributed by atoms with Crippen LogP contribution < -0.4 is 15.4 Å². The Morgan fingerprint density at radius 2 is 1.64 bits per heavy atom. The number of pyridine rings is 1. The number of methoxy groups -OCH3 is 1. The fourth-order valence-electron chi connectivity index (χ4n) is 5.11. The van der Waals surface area contributed by atoms with Gasteiger partial charge in [0.1, 0.15) is 5.69 Å². The normalized spacial score (nSPS) is 11.9. The van der Waals surface area contributed by atoms with E-state index in [1.807, 2.05) is 43.5 Å². The van der Waals surface area contributed by atoms with E-state index in [0.717, 1.165) is 41.2 Å². The summed E-state index contributed by atoms with van der Waals surface area (Å²) in [6.45, 7) is 21.8. The summed E-state index contributed by atoms with van der Waals surface area (Å²) in [5.41, 5.74) is 6.20. The molecular weight excluding hydrogens is 590 g/mol. The van der Waals surface area contributed by atoms with Gasteiger partial charge in [0.15, 0.2) is 5.75 Å². The summed E-state index contributed by atoms with van der Waals surface area (Å²) in [6.07, 6.45) is 3.53. The summed E-state index contributed by atoms with van der Waals surface area (Å²) in [5, 5.41) is 14.8. The van der Waals surface area contributed by atoms with Crippen LogP contribution in [0, 0.1) is 12.3 Å². The van der Waals surface area contributed by atoms with Crippen LogP contribution in [-0.2, 0) is 12.0 Å². The number of aromatic nitrogens is 4. The van der Waals surface area contributed by atoms with Crippen LogP contribution in [0.4, 0.5) is 5.69 Å². The van der Waals surface area contributed by atoms with Gasteiger partial charge < -0.3 is 15.4 Å². The van der Waals surface area contributed by atoms with E-state index in [4.69, 9.17) is 4.74 Å². The molecule has 47 heavy (non-hydrogen) atoms. The first-order chi connectivity index (χ1) is 22.1. The summed E-state index contributed by atoms with van der Waals surface area (Å²) < 4.78 is 7.54. The predicted molar refractivity (Wildman–Crippen MR) is 187 cm³/mol. The third-order valence-electron chi connectivity index (χ3n) is 8.03. The molecule has 0 saturated carbocycles.